The van der Waals surface area contributed by atoms with E-state index in [9.17, 15) is 4.79 Å². The number of nitrogen functional groups attached to an aromatic ring is 1. The van der Waals surface area contributed by atoms with E-state index in [4.69, 9.17) is 10.5 Å². The van der Waals surface area contributed by atoms with E-state index in [0.29, 0.717) is 0 Å². The summed E-state index contributed by atoms with van der Waals surface area (Å²) in [5, 5.41) is 6.14. The average molecular weight is 320 g/mol. The smallest absolute Gasteiger partial charge is 0.407 e. The minimum absolute atomic E-state index is 0.0738. The molecule has 128 valence electrons. The summed E-state index contributed by atoms with van der Waals surface area (Å²) < 4.78 is 5.34. The van der Waals surface area contributed by atoms with Crippen molar-refractivity contribution in [1.82, 2.24) is 5.32 Å². The number of anilines is 3. The number of hydrogen-bond donors (Lipinski definition) is 3. The summed E-state index contributed by atoms with van der Waals surface area (Å²) in [4.78, 5) is 14.2. The van der Waals surface area contributed by atoms with Crippen molar-refractivity contribution in [3.8, 4) is 0 Å². The van der Waals surface area contributed by atoms with Gasteiger partial charge in [-0.25, -0.2) is 4.79 Å². The molecule has 0 radical (unpaired) electrons. The highest BCUT2D eigenvalue weighted by molar-refractivity contribution is 5.81. The van der Waals surface area contributed by atoms with Crippen LogP contribution in [0.2, 0.25) is 0 Å². The maximum absolute atomic E-state index is 12.0. The number of nitrogens with two attached hydrogens (primary N) is 1. The van der Waals surface area contributed by atoms with Gasteiger partial charge in [0, 0.05) is 26.2 Å². The molecule has 1 atom stereocenters. The largest absolute Gasteiger partial charge is 0.444 e. The second-order valence-electron chi connectivity index (χ2n) is 6.92. The number of para-hydroxylation sites is 1. The SMILES string of the molecule is CNc1c(N)cccc1N1CCC[C@H](NC(=O)OC(C)(C)C)C1. The highest BCUT2D eigenvalue weighted by atomic mass is 16.6. The van der Waals surface area contributed by atoms with Gasteiger partial charge in [-0.3, -0.25) is 0 Å². The van der Waals surface area contributed by atoms with Crippen LogP contribution in [0.5, 0.6) is 0 Å². The normalized spacial score (nSPS) is 18.4. The Morgan fingerprint density at radius 2 is 2.13 bits per heavy atom. The summed E-state index contributed by atoms with van der Waals surface area (Å²) in [6.45, 7) is 7.30. The Labute approximate surface area is 138 Å². The number of nitrogens with one attached hydrogen (secondary N) is 2. The van der Waals surface area contributed by atoms with Gasteiger partial charge in [0.1, 0.15) is 5.60 Å². The van der Waals surface area contributed by atoms with Crippen molar-refractivity contribution in [3.05, 3.63) is 18.2 Å². The third-order valence-corrected chi connectivity index (χ3v) is 3.81. The first-order chi connectivity index (χ1) is 10.8. The Morgan fingerprint density at radius 3 is 2.78 bits per heavy atom. The van der Waals surface area contributed by atoms with Crippen molar-refractivity contribution in [3.63, 3.8) is 0 Å². The number of alkyl carbamates (subject to hydrolysis) is 1. The molecule has 4 N–H and O–H groups in total. The quantitative estimate of drug-likeness (QED) is 0.746. The summed E-state index contributed by atoms with van der Waals surface area (Å²) in [6.07, 6.45) is 1.61. The van der Waals surface area contributed by atoms with E-state index in [0.717, 1.165) is 43.0 Å². The highest BCUT2D eigenvalue weighted by Gasteiger charge is 2.25. The number of rotatable bonds is 3. The van der Waals surface area contributed by atoms with Crippen molar-refractivity contribution >= 4 is 23.2 Å². The van der Waals surface area contributed by atoms with E-state index >= 15 is 0 Å². The van der Waals surface area contributed by atoms with Gasteiger partial charge in [0.05, 0.1) is 17.1 Å². The van der Waals surface area contributed by atoms with Crippen LogP contribution in [-0.2, 0) is 4.74 Å². The van der Waals surface area contributed by atoms with Crippen LogP contribution in [0.4, 0.5) is 21.9 Å². The van der Waals surface area contributed by atoms with Crippen LogP contribution in [0.1, 0.15) is 33.6 Å². The molecule has 23 heavy (non-hydrogen) atoms. The number of hydrogen-bond acceptors (Lipinski definition) is 5. The van der Waals surface area contributed by atoms with E-state index in [1.807, 2.05) is 40.0 Å². The molecule has 1 saturated heterocycles. The number of nitrogens with zero attached hydrogens (tertiary/aromatic N) is 1. The van der Waals surface area contributed by atoms with Crippen molar-refractivity contribution in [2.75, 3.05) is 36.1 Å². The van der Waals surface area contributed by atoms with Gasteiger partial charge in [0.2, 0.25) is 0 Å². The Balaban J connectivity index is 2.04. The molecule has 1 aromatic rings. The number of carbonyl (C=O) groups excluding carboxylic acids is 1. The zero-order valence-electron chi connectivity index (χ0n) is 14.5. The monoisotopic (exact) mass is 320 g/mol. The minimum atomic E-state index is -0.481. The van der Waals surface area contributed by atoms with Crippen LogP contribution in [0.3, 0.4) is 0 Å². The first kappa shape index (κ1) is 17.2. The molecule has 0 spiro atoms. The molecule has 0 aliphatic carbocycles. The summed E-state index contributed by atoms with van der Waals surface area (Å²) in [5.41, 5.74) is 8.30. The van der Waals surface area contributed by atoms with E-state index in [2.05, 4.69) is 21.6 Å². The molecule has 1 fully saturated rings. The van der Waals surface area contributed by atoms with Crippen molar-refractivity contribution in [1.29, 1.82) is 0 Å². The zero-order valence-corrected chi connectivity index (χ0v) is 14.5. The second-order valence-corrected chi connectivity index (χ2v) is 6.92. The van der Waals surface area contributed by atoms with Crippen LogP contribution in [0.15, 0.2) is 18.2 Å². The van der Waals surface area contributed by atoms with Gasteiger partial charge < -0.3 is 26.0 Å². The molecule has 6 heteroatoms. The zero-order chi connectivity index (χ0) is 17.0. The first-order valence-corrected chi connectivity index (χ1v) is 8.11. The number of ether oxygens (including phenoxy) is 1. The van der Waals surface area contributed by atoms with E-state index in [1.54, 1.807) is 0 Å². The average Bonchev–Trinajstić information content (AvgIpc) is 2.45. The molecule has 1 aromatic carbocycles. The van der Waals surface area contributed by atoms with Gasteiger partial charge >= 0.3 is 6.09 Å². The topological polar surface area (TPSA) is 79.6 Å². The van der Waals surface area contributed by atoms with Crippen LogP contribution < -0.4 is 21.3 Å². The van der Waals surface area contributed by atoms with Crippen molar-refractivity contribution < 1.29 is 9.53 Å². The van der Waals surface area contributed by atoms with Gasteiger partial charge in [-0.2, -0.15) is 0 Å². The van der Waals surface area contributed by atoms with E-state index in [-0.39, 0.29) is 12.1 Å². The van der Waals surface area contributed by atoms with Crippen molar-refractivity contribution in [2.24, 2.45) is 0 Å². The Kier molecular flexibility index (Phi) is 5.23. The maximum Gasteiger partial charge on any atom is 0.407 e. The Morgan fingerprint density at radius 1 is 1.39 bits per heavy atom. The third-order valence-electron chi connectivity index (χ3n) is 3.81. The second kappa shape index (κ2) is 6.98. The molecule has 0 aromatic heterocycles. The van der Waals surface area contributed by atoms with Crippen LogP contribution in [-0.4, -0.2) is 37.9 Å². The molecule has 0 unspecified atom stereocenters. The molecule has 6 nitrogen and oxygen atoms in total. The predicted molar refractivity (Wildman–Crippen MR) is 95.0 cm³/mol. The lowest BCUT2D eigenvalue weighted by Crippen LogP contribution is -2.49. The molecule has 0 bridgehead atoms. The lowest BCUT2D eigenvalue weighted by molar-refractivity contribution is 0.0500. The number of piperidine rings is 1. The molecule has 0 saturated carbocycles. The number of amides is 1. The van der Waals surface area contributed by atoms with Crippen molar-refractivity contribution in [2.45, 2.75) is 45.3 Å². The van der Waals surface area contributed by atoms with Gasteiger partial charge in [-0.05, 0) is 45.7 Å². The third kappa shape index (κ3) is 4.68. The Bertz CT molecular complexity index is 554. The molecule has 1 aliphatic heterocycles. The summed E-state index contributed by atoms with van der Waals surface area (Å²) in [7, 11) is 1.87. The standard InChI is InChI=1S/C17H28N4O2/c1-17(2,3)23-16(22)20-12-7-6-10-21(11-12)14-9-5-8-13(18)15(14)19-4/h5,8-9,12,19H,6-7,10-11,18H2,1-4H3,(H,20,22)/t12-/m0/s1. The fourth-order valence-corrected chi connectivity index (χ4v) is 2.88. The molecular weight excluding hydrogens is 292 g/mol. The van der Waals surface area contributed by atoms with Gasteiger partial charge in [0.15, 0.2) is 0 Å². The number of carbonyl (C=O) groups is 1. The van der Waals surface area contributed by atoms with Crippen LogP contribution in [0.25, 0.3) is 0 Å². The first-order valence-electron chi connectivity index (χ1n) is 8.11. The molecule has 2 rings (SSSR count). The predicted octanol–water partition coefficient (Wildman–Crippen LogP) is 2.80. The molecule has 1 amide bonds. The summed E-state index contributed by atoms with van der Waals surface area (Å²) >= 11 is 0. The molecule has 1 aliphatic rings. The van der Waals surface area contributed by atoms with Gasteiger partial charge in [-0.1, -0.05) is 6.07 Å². The fourth-order valence-electron chi connectivity index (χ4n) is 2.88. The summed E-state index contributed by atoms with van der Waals surface area (Å²) in [5.74, 6) is 0. The number of benzene rings is 1. The minimum Gasteiger partial charge on any atom is -0.444 e. The molecular formula is C17H28N4O2. The lowest BCUT2D eigenvalue weighted by atomic mass is 10.0. The maximum atomic E-state index is 12.0. The van der Waals surface area contributed by atoms with Gasteiger partial charge in [-0.15, -0.1) is 0 Å². The lowest BCUT2D eigenvalue weighted by Gasteiger charge is -2.36. The molecule has 1 heterocycles. The van der Waals surface area contributed by atoms with Crippen LogP contribution in [0, 0.1) is 0 Å². The van der Waals surface area contributed by atoms with E-state index in [1.165, 1.54) is 0 Å². The van der Waals surface area contributed by atoms with Crippen LogP contribution >= 0.6 is 0 Å². The Hall–Kier alpha value is -2.11. The highest BCUT2D eigenvalue weighted by Crippen LogP contribution is 2.32. The fraction of sp³-hybridized carbons (Fsp3) is 0.588. The van der Waals surface area contributed by atoms with Gasteiger partial charge in [0.25, 0.3) is 0 Å². The van der Waals surface area contributed by atoms with E-state index < -0.39 is 5.60 Å². The summed E-state index contributed by atoms with van der Waals surface area (Å²) in [6, 6.07) is 5.97.